The molecule has 1 aliphatic rings. The molecule has 0 saturated carbocycles. The molecule has 0 aromatic carbocycles. The Balaban J connectivity index is 2.00. The van der Waals surface area contributed by atoms with E-state index >= 15 is 0 Å². The zero-order valence-electron chi connectivity index (χ0n) is 13.0. The zero-order valence-corrected chi connectivity index (χ0v) is 13.8. The second kappa shape index (κ2) is 7.79. The van der Waals surface area contributed by atoms with Gasteiger partial charge < -0.3 is 14.6 Å². The van der Waals surface area contributed by atoms with Crippen LogP contribution in [0, 0.1) is 0 Å². The molecule has 1 N–H and O–H groups in total. The van der Waals surface area contributed by atoms with E-state index in [4.69, 9.17) is 4.74 Å². The quantitative estimate of drug-likeness (QED) is 0.636. The van der Waals surface area contributed by atoms with Crippen LogP contribution in [0.15, 0.2) is 5.16 Å². The molecule has 118 valence electrons. The Labute approximate surface area is 130 Å². The van der Waals surface area contributed by atoms with Gasteiger partial charge in [-0.3, -0.25) is 4.79 Å². The van der Waals surface area contributed by atoms with Crippen LogP contribution in [0.1, 0.15) is 38.9 Å². The lowest BCUT2D eigenvalue weighted by molar-refractivity contribution is -0.142. The Bertz CT molecular complexity index is 476. The summed E-state index contributed by atoms with van der Waals surface area (Å²) in [4.78, 5) is 11.8. The lowest BCUT2D eigenvalue weighted by Crippen LogP contribution is -2.43. The van der Waals surface area contributed by atoms with Crippen LogP contribution >= 0.6 is 11.8 Å². The molecule has 0 fully saturated rings. The molecule has 1 atom stereocenters. The van der Waals surface area contributed by atoms with Crippen LogP contribution in [-0.2, 0) is 22.5 Å². The predicted molar refractivity (Wildman–Crippen MR) is 82.4 cm³/mol. The number of methoxy groups -OCH3 is 1. The Morgan fingerprint density at radius 3 is 2.90 bits per heavy atom. The first-order valence-electron chi connectivity index (χ1n) is 7.50. The van der Waals surface area contributed by atoms with Gasteiger partial charge in [-0.25, -0.2) is 0 Å². The average molecular weight is 312 g/mol. The summed E-state index contributed by atoms with van der Waals surface area (Å²) in [6.07, 6.45) is 4.59. The second-order valence-corrected chi connectivity index (χ2v) is 6.56. The van der Waals surface area contributed by atoms with E-state index in [0.29, 0.717) is 5.75 Å². The summed E-state index contributed by atoms with van der Waals surface area (Å²) >= 11 is 1.57. The molecule has 1 aromatic heterocycles. The van der Waals surface area contributed by atoms with E-state index in [1.54, 1.807) is 11.8 Å². The minimum absolute atomic E-state index is 0.227. The summed E-state index contributed by atoms with van der Waals surface area (Å²) in [5, 5.41) is 12.7. The van der Waals surface area contributed by atoms with Crippen molar-refractivity contribution in [2.75, 3.05) is 12.9 Å². The first-order valence-corrected chi connectivity index (χ1v) is 8.49. The number of hydrogen-bond acceptors (Lipinski definition) is 6. The fourth-order valence-corrected chi connectivity index (χ4v) is 3.45. The molecule has 6 nitrogen and oxygen atoms in total. The van der Waals surface area contributed by atoms with Crippen molar-refractivity contribution in [3.63, 3.8) is 0 Å². The van der Waals surface area contributed by atoms with E-state index in [2.05, 4.69) is 20.1 Å². The van der Waals surface area contributed by atoms with E-state index in [-0.39, 0.29) is 18.1 Å². The van der Waals surface area contributed by atoms with Gasteiger partial charge in [0.2, 0.25) is 0 Å². The van der Waals surface area contributed by atoms with Gasteiger partial charge in [0.25, 0.3) is 0 Å². The Kier molecular flexibility index (Phi) is 6.05. The molecule has 0 spiro atoms. The van der Waals surface area contributed by atoms with Crippen molar-refractivity contribution < 1.29 is 9.53 Å². The van der Waals surface area contributed by atoms with Crippen molar-refractivity contribution >= 4 is 17.7 Å². The van der Waals surface area contributed by atoms with E-state index < -0.39 is 0 Å². The maximum atomic E-state index is 11.8. The van der Waals surface area contributed by atoms with Crippen molar-refractivity contribution in [2.24, 2.45) is 0 Å². The molecule has 0 saturated heterocycles. The lowest BCUT2D eigenvalue weighted by Gasteiger charge is -2.18. The first-order chi connectivity index (χ1) is 10.1. The van der Waals surface area contributed by atoms with Gasteiger partial charge in [0.15, 0.2) is 5.16 Å². The van der Waals surface area contributed by atoms with Gasteiger partial charge >= 0.3 is 5.97 Å². The molecule has 1 aromatic rings. The SMILES string of the molecule is COC(=O)C(CSc1nnc2n1CCCCC2)NC(C)C. The van der Waals surface area contributed by atoms with Crippen molar-refractivity contribution in [1.82, 2.24) is 20.1 Å². The summed E-state index contributed by atoms with van der Waals surface area (Å²) in [5.74, 6) is 1.44. The molecule has 1 unspecified atom stereocenters. The van der Waals surface area contributed by atoms with Crippen LogP contribution in [0.25, 0.3) is 0 Å². The molecule has 2 heterocycles. The highest BCUT2D eigenvalue weighted by Gasteiger charge is 2.22. The number of ether oxygens (including phenoxy) is 1. The molecule has 7 heteroatoms. The van der Waals surface area contributed by atoms with E-state index in [0.717, 1.165) is 23.9 Å². The van der Waals surface area contributed by atoms with Crippen LogP contribution in [0.2, 0.25) is 0 Å². The smallest absolute Gasteiger partial charge is 0.323 e. The third kappa shape index (κ3) is 4.44. The number of esters is 1. The standard InChI is InChI=1S/C14H24N4O2S/c1-10(2)15-11(13(19)20-3)9-21-14-17-16-12-7-5-4-6-8-18(12)14/h10-11,15H,4-9H2,1-3H3. The third-order valence-corrected chi connectivity index (χ3v) is 4.54. The van der Waals surface area contributed by atoms with Crippen molar-refractivity contribution in [3.8, 4) is 0 Å². The summed E-state index contributed by atoms with van der Waals surface area (Å²) in [5.41, 5.74) is 0. The molecule has 0 aliphatic carbocycles. The molecule has 1 aliphatic heterocycles. The number of nitrogens with zero attached hydrogens (tertiary/aromatic N) is 3. The van der Waals surface area contributed by atoms with Crippen molar-refractivity contribution in [2.45, 2.75) is 63.3 Å². The van der Waals surface area contributed by atoms with Crippen LogP contribution in [-0.4, -0.2) is 45.7 Å². The molecular weight excluding hydrogens is 288 g/mol. The van der Waals surface area contributed by atoms with Gasteiger partial charge in [-0.2, -0.15) is 0 Å². The molecule has 0 bridgehead atoms. The normalized spacial score (nSPS) is 16.4. The van der Waals surface area contributed by atoms with E-state index in [1.807, 2.05) is 13.8 Å². The fourth-order valence-electron chi connectivity index (χ4n) is 2.45. The molecule has 21 heavy (non-hydrogen) atoms. The van der Waals surface area contributed by atoms with Gasteiger partial charge in [-0.1, -0.05) is 32.0 Å². The van der Waals surface area contributed by atoms with Gasteiger partial charge in [-0.05, 0) is 12.8 Å². The average Bonchev–Trinajstić information content (AvgIpc) is 2.69. The lowest BCUT2D eigenvalue weighted by atomic mass is 10.2. The van der Waals surface area contributed by atoms with Gasteiger partial charge in [0.1, 0.15) is 11.9 Å². The minimum Gasteiger partial charge on any atom is -0.468 e. The fraction of sp³-hybridized carbons (Fsp3) is 0.786. The Hall–Kier alpha value is -1.08. The number of aromatic nitrogens is 3. The number of carbonyl (C=O) groups excluding carboxylic acids is 1. The highest BCUT2D eigenvalue weighted by Crippen LogP contribution is 2.22. The maximum Gasteiger partial charge on any atom is 0.323 e. The van der Waals surface area contributed by atoms with E-state index in [9.17, 15) is 4.79 Å². The Morgan fingerprint density at radius 2 is 2.19 bits per heavy atom. The van der Waals surface area contributed by atoms with Crippen LogP contribution < -0.4 is 5.32 Å². The molecule has 0 amide bonds. The predicted octanol–water partition coefficient (Wildman–Crippen LogP) is 1.64. The molecule has 0 radical (unpaired) electrons. The number of carbonyl (C=O) groups is 1. The summed E-state index contributed by atoms with van der Waals surface area (Å²) < 4.78 is 7.05. The third-order valence-electron chi connectivity index (χ3n) is 3.47. The second-order valence-electron chi connectivity index (χ2n) is 5.57. The minimum atomic E-state index is -0.321. The van der Waals surface area contributed by atoms with Gasteiger partial charge in [-0.15, -0.1) is 10.2 Å². The molecule has 2 rings (SSSR count). The van der Waals surface area contributed by atoms with Gasteiger partial charge in [0, 0.05) is 24.8 Å². The zero-order chi connectivity index (χ0) is 15.2. The summed E-state index contributed by atoms with van der Waals surface area (Å²) in [7, 11) is 1.42. The number of nitrogens with one attached hydrogen (secondary N) is 1. The van der Waals surface area contributed by atoms with Crippen LogP contribution in [0.3, 0.4) is 0 Å². The maximum absolute atomic E-state index is 11.8. The highest BCUT2D eigenvalue weighted by molar-refractivity contribution is 7.99. The number of hydrogen-bond donors (Lipinski definition) is 1. The van der Waals surface area contributed by atoms with Crippen molar-refractivity contribution in [1.29, 1.82) is 0 Å². The first kappa shape index (κ1) is 16.3. The highest BCUT2D eigenvalue weighted by atomic mass is 32.2. The summed E-state index contributed by atoms with van der Waals surface area (Å²) in [6, 6.07) is -0.0936. The van der Waals surface area contributed by atoms with Crippen LogP contribution in [0.4, 0.5) is 0 Å². The molecular formula is C14H24N4O2S. The number of thioether (sulfide) groups is 1. The van der Waals surface area contributed by atoms with E-state index in [1.165, 1.54) is 26.4 Å². The summed E-state index contributed by atoms with van der Waals surface area (Å²) in [6.45, 7) is 5.01. The van der Waals surface area contributed by atoms with Gasteiger partial charge in [0.05, 0.1) is 7.11 Å². The van der Waals surface area contributed by atoms with Crippen LogP contribution in [0.5, 0.6) is 0 Å². The number of aryl methyl sites for hydroxylation is 1. The Morgan fingerprint density at radius 1 is 1.38 bits per heavy atom. The number of rotatable bonds is 6. The number of fused-ring (bicyclic) bond motifs is 1. The largest absolute Gasteiger partial charge is 0.468 e. The van der Waals surface area contributed by atoms with Crippen molar-refractivity contribution in [3.05, 3.63) is 5.82 Å². The monoisotopic (exact) mass is 312 g/mol. The topological polar surface area (TPSA) is 69.0 Å².